The summed E-state index contributed by atoms with van der Waals surface area (Å²) in [6.07, 6.45) is 15.0. The van der Waals surface area contributed by atoms with Crippen molar-refractivity contribution in [1.29, 1.82) is 0 Å². The van der Waals surface area contributed by atoms with Gasteiger partial charge in [0, 0.05) is 5.41 Å². The van der Waals surface area contributed by atoms with Crippen LogP contribution in [0.3, 0.4) is 0 Å². The van der Waals surface area contributed by atoms with Gasteiger partial charge in [0.15, 0.2) is 0 Å². The van der Waals surface area contributed by atoms with E-state index in [0.29, 0.717) is 5.92 Å². The van der Waals surface area contributed by atoms with E-state index in [9.17, 15) is 0 Å². The van der Waals surface area contributed by atoms with Gasteiger partial charge in [0.05, 0.1) is 11.2 Å². The maximum Gasteiger partial charge on any atom is 0.112 e. The first-order chi connectivity index (χ1) is 15.1. The van der Waals surface area contributed by atoms with Crippen LogP contribution in [-0.2, 0) is 19.6 Å². The largest absolute Gasteiger partial charge is 0.230 e. The maximum atomic E-state index is 6.79. The Hall–Kier alpha value is -0.160. The molecular weight excluding hydrogens is 412 g/mol. The molecular formula is C29H54O4. The second kappa shape index (κ2) is 9.71. The minimum Gasteiger partial charge on any atom is -0.230 e. The van der Waals surface area contributed by atoms with Crippen molar-refractivity contribution in [2.75, 3.05) is 0 Å². The molecule has 3 aliphatic carbocycles. The second-order valence-electron chi connectivity index (χ2n) is 14.6. The molecule has 0 N–H and O–H groups in total. The molecule has 3 saturated carbocycles. The molecule has 0 spiro atoms. The van der Waals surface area contributed by atoms with Gasteiger partial charge in [-0.05, 0) is 97.8 Å². The van der Waals surface area contributed by atoms with Crippen molar-refractivity contribution in [3.63, 3.8) is 0 Å². The molecule has 0 heterocycles. The topological polar surface area (TPSA) is 36.9 Å². The highest BCUT2D eigenvalue weighted by Crippen LogP contribution is 2.67. The molecule has 4 heteroatoms. The lowest BCUT2D eigenvalue weighted by Crippen LogP contribution is -2.68. The summed E-state index contributed by atoms with van der Waals surface area (Å²) in [5.41, 5.74) is -1.29. The van der Waals surface area contributed by atoms with Gasteiger partial charge in [-0.25, -0.2) is 19.6 Å². The normalized spacial score (nSPS) is 29.5. The summed E-state index contributed by atoms with van der Waals surface area (Å²) >= 11 is 0. The van der Waals surface area contributed by atoms with Crippen LogP contribution in [0, 0.1) is 16.7 Å². The summed E-state index contributed by atoms with van der Waals surface area (Å²) in [5.74, 6) is 0.614. The van der Waals surface area contributed by atoms with Gasteiger partial charge >= 0.3 is 0 Å². The van der Waals surface area contributed by atoms with Gasteiger partial charge in [-0.3, -0.25) is 0 Å². The highest BCUT2D eigenvalue weighted by Gasteiger charge is 2.68. The molecule has 194 valence electrons. The van der Waals surface area contributed by atoms with E-state index < -0.39 is 0 Å². The number of hydrogen-bond donors (Lipinski definition) is 0. The molecule has 3 rings (SSSR count). The van der Waals surface area contributed by atoms with Gasteiger partial charge in [-0.1, -0.05) is 59.3 Å². The third-order valence-corrected chi connectivity index (χ3v) is 8.35. The molecule has 0 aliphatic heterocycles. The van der Waals surface area contributed by atoms with Gasteiger partial charge in [0.1, 0.15) is 11.2 Å². The third-order valence-electron chi connectivity index (χ3n) is 8.35. The zero-order valence-corrected chi connectivity index (χ0v) is 23.4. The predicted octanol–water partition coefficient (Wildman–Crippen LogP) is 8.72. The van der Waals surface area contributed by atoms with Gasteiger partial charge in [0.2, 0.25) is 0 Å². The molecule has 0 bridgehead atoms. The van der Waals surface area contributed by atoms with Gasteiger partial charge in [-0.2, -0.15) is 0 Å². The van der Waals surface area contributed by atoms with Crippen molar-refractivity contribution in [1.82, 2.24) is 0 Å². The molecule has 0 aromatic rings. The smallest absolute Gasteiger partial charge is 0.112 e. The zero-order chi connectivity index (χ0) is 24.6. The van der Waals surface area contributed by atoms with E-state index in [1.165, 1.54) is 44.9 Å². The summed E-state index contributed by atoms with van der Waals surface area (Å²) in [5, 5.41) is 0. The molecule has 0 aromatic carbocycles. The van der Waals surface area contributed by atoms with Crippen LogP contribution in [0.1, 0.15) is 146 Å². The minimum absolute atomic E-state index is 0.140. The molecule has 1 unspecified atom stereocenters. The molecule has 0 aromatic heterocycles. The molecule has 33 heavy (non-hydrogen) atoms. The minimum atomic E-state index is -0.344. The first-order valence-electron chi connectivity index (χ1n) is 13.9. The SMILES string of the molecule is CC1CC(C)(C)CC(C2(OOC(C)(C)C)CCCCC2)(C2(OOC(C)(C)C)CCCCC2)C1. The van der Waals surface area contributed by atoms with E-state index in [-0.39, 0.29) is 33.2 Å². The Morgan fingerprint density at radius 1 is 0.606 bits per heavy atom. The average Bonchev–Trinajstić information content (AvgIpc) is 2.69. The monoisotopic (exact) mass is 466 g/mol. The molecule has 3 fully saturated rings. The van der Waals surface area contributed by atoms with Gasteiger partial charge < -0.3 is 0 Å². The van der Waals surface area contributed by atoms with Crippen LogP contribution in [0.15, 0.2) is 0 Å². The van der Waals surface area contributed by atoms with E-state index in [1.54, 1.807) is 0 Å². The van der Waals surface area contributed by atoms with Crippen LogP contribution in [0.25, 0.3) is 0 Å². The summed E-state index contributed by atoms with van der Waals surface area (Å²) in [4.78, 5) is 26.1. The van der Waals surface area contributed by atoms with Crippen LogP contribution in [0.5, 0.6) is 0 Å². The van der Waals surface area contributed by atoms with E-state index in [2.05, 4.69) is 62.3 Å². The Kier molecular flexibility index (Phi) is 8.07. The lowest BCUT2D eigenvalue weighted by Gasteiger charge is -2.65. The van der Waals surface area contributed by atoms with Crippen LogP contribution >= 0.6 is 0 Å². The maximum absolute atomic E-state index is 6.79. The fraction of sp³-hybridized carbons (Fsp3) is 1.00. The van der Waals surface area contributed by atoms with Gasteiger partial charge in [-0.15, -0.1) is 0 Å². The molecule has 0 amide bonds. The highest BCUT2D eigenvalue weighted by atomic mass is 17.2. The van der Waals surface area contributed by atoms with E-state index in [4.69, 9.17) is 19.6 Å². The van der Waals surface area contributed by atoms with Crippen LogP contribution in [-0.4, -0.2) is 22.4 Å². The quantitative estimate of drug-likeness (QED) is 0.290. The van der Waals surface area contributed by atoms with Crippen molar-refractivity contribution < 1.29 is 19.6 Å². The summed E-state index contributed by atoms with van der Waals surface area (Å²) in [6, 6.07) is 0. The fourth-order valence-corrected chi connectivity index (χ4v) is 7.62. The van der Waals surface area contributed by atoms with E-state index in [0.717, 1.165) is 38.5 Å². The lowest BCUT2D eigenvalue weighted by atomic mass is 9.44. The standard InChI is InChI=1S/C29H54O4/c1-23-20-26(8,9)22-27(21-23,28(16-12-10-13-17-28)32-30-24(2,3)4)29(18-14-11-15-19-29)33-31-25(5,6)7/h23H,10-22H2,1-9H3. The van der Waals surface area contributed by atoms with Gasteiger partial charge in [0.25, 0.3) is 0 Å². The van der Waals surface area contributed by atoms with Crippen LogP contribution < -0.4 is 0 Å². The molecule has 3 aliphatic rings. The number of rotatable bonds is 6. The zero-order valence-electron chi connectivity index (χ0n) is 23.4. The third kappa shape index (κ3) is 6.16. The Bertz CT molecular complexity index is 587. The Morgan fingerprint density at radius 2 is 1.00 bits per heavy atom. The summed E-state index contributed by atoms with van der Waals surface area (Å²) in [6.45, 7) is 19.9. The van der Waals surface area contributed by atoms with Crippen molar-refractivity contribution in [2.45, 2.75) is 168 Å². The number of hydrogen-bond acceptors (Lipinski definition) is 4. The van der Waals surface area contributed by atoms with E-state index >= 15 is 0 Å². The molecule has 0 radical (unpaired) electrons. The average molecular weight is 467 g/mol. The lowest BCUT2D eigenvalue weighted by molar-refractivity contribution is -0.484. The fourth-order valence-electron chi connectivity index (χ4n) is 7.62. The van der Waals surface area contributed by atoms with Crippen molar-refractivity contribution in [3.05, 3.63) is 0 Å². The van der Waals surface area contributed by atoms with Crippen molar-refractivity contribution in [3.8, 4) is 0 Å². The first-order valence-corrected chi connectivity index (χ1v) is 13.9. The van der Waals surface area contributed by atoms with Crippen molar-refractivity contribution >= 4 is 0 Å². The van der Waals surface area contributed by atoms with Crippen molar-refractivity contribution in [2.24, 2.45) is 16.7 Å². The summed E-state index contributed by atoms with van der Waals surface area (Å²) in [7, 11) is 0. The highest BCUT2D eigenvalue weighted by molar-refractivity contribution is 5.16. The Labute approximate surface area is 204 Å². The Morgan fingerprint density at radius 3 is 1.33 bits per heavy atom. The van der Waals surface area contributed by atoms with E-state index in [1.807, 2.05) is 0 Å². The first kappa shape index (κ1) is 27.4. The molecule has 0 saturated heterocycles. The summed E-state index contributed by atoms with van der Waals surface area (Å²) < 4.78 is 0. The van der Waals surface area contributed by atoms with Crippen LogP contribution in [0.4, 0.5) is 0 Å². The predicted molar refractivity (Wildman–Crippen MR) is 135 cm³/mol. The molecule has 1 atom stereocenters. The molecule has 4 nitrogen and oxygen atoms in total. The van der Waals surface area contributed by atoms with Crippen LogP contribution in [0.2, 0.25) is 0 Å². The Balaban J connectivity index is 2.16. The second-order valence-corrected chi connectivity index (χ2v) is 14.6.